The molecule has 1 fully saturated rings. The van der Waals surface area contributed by atoms with Crippen molar-refractivity contribution in [3.8, 4) is 0 Å². The zero-order valence-electron chi connectivity index (χ0n) is 14.8. The lowest BCUT2D eigenvalue weighted by Crippen LogP contribution is -2.40. The minimum absolute atomic E-state index is 0.0491. The third-order valence-electron chi connectivity index (χ3n) is 4.75. The number of hydrogen-bond acceptors (Lipinski definition) is 5. The van der Waals surface area contributed by atoms with E-state index in [0.717, 1.165) is 43.4 Å². The molecule has 2 N–H and O–H groups in total. The molecule has 140 valence electrons. The van der Waals surface area contributed by atoms with E-state index in [9.17, 15) is 19.5 Å². The Balaban J connectivity index is 1.94. The van der Waals surface area contributed by atoms with Gasteiger partial charge in [-0.2, -0.15) is 0 Å². The SMILES string of the molecule is CCCc1nc2scc(C(=O)O)c2c(=O)n1CC(=O)NC1CCCCC1. The van der Waals surface area contributed by atoms with Gasteiger partial charge in [0.25, 0.3) is 5.56 Å². The number of aromatic carboxylic acids is 1. The number of fused-ring (bicyclic) bond motifs is 1. The maximum atomic E-state index is 12.9. The first-order valence-corrected chi connectivity index (χ1v) is 9.92. The van der Waals surface area contributed by atoms with E-state index in [-0.39, 0.29) is 29.4 Å². The third-order valence-corrected chi connectivity index (χ3v) is 5.62. The Morgan fingerprint density at radius 2 is 2.08 bits per heavy atom. The van der Waals surface area contributed by atoms with Gasteiger partial charge in [-0.1, -0.05) is 26.2 Å². The van der Waals surface area contributed by atoms with Gasteiger partial charge in [0.15, 0.2) is 0 Å². The monoisotopic (exact) mass is 377 g/mol. The molecule has 0 spiro atoms. The van der Waals surface area contributed by atoms with Gasteiger partial charge < -0.3 is 10.4 Å². The lowest BCUT2D eigenvalue weighted by Gasteiger charge is -2.23. The molecule has 1 amide bonds. The van der Waals surface area contributed by atoms with Gasteiger partial charge in [-0.15, -0.1) is 11.3 Å². The van der Waals surface area contributed by atoms with Crippen molar-refractivity contribution < 1.29 is 14.7 Å². The predicted molar refractivity (Wildman–Crippen MR) is 99.9 cm³/mol. The normalized spacial score (nSPS) is 15.3. The number of rotatable bonds is 6. The Morgan fingerprint density at radius 3 is 2.73 bits per heavy atom. The van der Waals surface area contributed by atoms with Crippen molar-refractivity contribution in [2.24, 2.45) is 0 Å². The van der Waals surface area contributed by atoms with Crippen molar-refractivity contribution in [1.82, 2.24) is 14.9 Å². The fraction of sp³-hybridized carbons (Fsp3) is 0.556. The standard InChI is InChI=1S/C18H23N3O4S/c1-2-6-13-20-16-15(12(10-26-16)18(24)25)17(23)21(13)9-14(22)19-11-7-4-3-5-8-11/h10-11H,2-9H2,1H3,(H,19,22)(H,24,25). The molecular formula is C18H23N3O4S. The van der Waals surface area contributed by atoms with E-state index in [4.69, 9.17) is 0 Å². The van der Waals surface area contributed by atoms with Crippen molar-refractivity contribution in [3.63, 3.8) is 0 Å². The molecule has 0 bridgehead atoms. The molecule has 26 heavy (non-hydrogen) atoms. The molecule has 0 atom stereocenters. The second kappa shape index (κ2) is 7.99. The first kappa shape index (κ1) is 18.6. The summed E-state index contributed by atoms with van der Waals surface area (Å²) in [6, 6.07) is 0.161. The number of aryl methyl sites for hydroxylation is 1. The molecule has 1 aliphatic carbocycles. The van der Waals surface area contributed by atoms with Gasteiger partial charge in [0, 0.05) is 17.8 Å². The molecule has 0 unspecified atom stereocenters. The van der Waals surface area contributed by atoms with Crippen LogP contribution in [0, 0.1) is 0 Å². The van der Waals surface area contributed by atoms with Crippen LogP contribution in [0.1, 0.15) is 61.6 Å². The van der Waals surface area contributed by atoms with Gasteiger partial charge >= 0.3 is 5.97 Å². The van der Waals surface area contributed by atoms with Gasteiger partial charge in [0.05, 0.1) is 10.9 Å². The van der Waals surface area contributed by atoms with Gasteiger partial charge in [-0.05, 0) is 19.3 Å². The fourth-order valence-corrected chi connectivity index (χ4v) is 4.39. The van der Waals surface area contributed by atoms with E-state index in [0.29, 0.717) is 17.1 Å². The summed E-state index contributed by atoms with van der Waals surface area (Å²) in [6.07, 6.45) is 6.68. The van der Waals surface area contributed by atoms with E-state index >= 15 is 0 Å². The predicted octanol–water partition coefficient (Wildman–Crippen LogP) is 2.56. The molecule has 2 aromatic rings. The molecule has 2 heterocycles. The molecule has 3 rings (SSSR count). The zero-order chi connectivity index (χ0) is 18.7. The molecule has 0 aromatic carbocycles. The van der Waals surface area contributed by atoms with Crippen LogP contribution in [0.4, 0.5) is 0 Å². The smallest absolute Gasteiger partial charge is 0.337 e. The number of amides is 1. The minimum Gasteiger partial charge on any atom is -0.478 e. The van der Waals surface area contributed by atoms with Gasteiger partial charge in [-0.25, -0.2) is 9.78 Å². The quantitative estimate of drug-likeness (QED) is 0.806. The molecule has 1 saturated carbocycles. The van der Waals surface area contributed by atoms with Crippen LogP contribution in [0.3, 0.4) is 0 Å². The Morgan fingerprint density at radius 1 is 1.35 bits per heavy atom. The number of nitrogens with one attached hydrogen (secondary N) is 1. The number of hydrogen-bond donors (Lipinski definition) is 2. The summed E-state index contributed by atoms with van der Waals surface area (Å²) in [4.78, 5) is 41.7. The van der Waals surface area contributed by atoms with E-state index in [1.54, 1.807) is 0 Å². The molecule has 0 saturated heterocycles. The van der Waals surface area contributed by atoms with Crippen molar-refractivity contribution in [3.05, 3.63) is 27.1 Å². The second-order valence-electron chi connectivity index (χ2n) is 6.71. The number of carboxylic acid groups (broad SMARTS) is 1. The van der Waals surface area contributed by atoms with Gasteiger partial charge in [-0.3, -0.25) is 14.2 Å². The molecule has 0 aliphatic heterocycles. The Labute approximate surface area is 155 Å². The summed E-state index contributed by atoms with van der Waals surface area (Å²) >= 11 is 1.15. The maximum absolute atomic E-state index is 12.9. The largest absolute Gasteiger partial charge is 0.478 e. The summed E-state index contributed by atoms with van der Waals surface area (Å²) in [5.41, 5.74) is -0.497. The highest BCUT2D eigenvalue weighted by atomic mass is 32.1. The number of aromatic nitrogens is 2. The highest BCUT2D eigenvalue weighted by molar-refractivity contribution is 7.17. The first-order chi connectivity index (χ1) is 12.5. The Bertz CT molecular complexity index is 880. The van der Waals surface area contributed by atoms with Gasteiger partial charge in [0.2, 0.25) is 5.91 Å². The highest BCUT2D eigenvalue weighted by Crippen LogP contribution is 2.22. The number of thiophene rings is 1. The first-order valence-electron chi connectivity index (χ1n) is 9.04. The average molecular weight is 377 g/mol. The van der Waals surface area contributed by atoms with Crippen LogP contribution < -0.4 is 10.9 Å². The Hall–Kier alpha value is -2.22. The van der Waals surface area contributed by atoms with Crippen LogP contribution in [-0.4, -0.2) is 32.6 Å². The lowest BCUT2D eigenvalue weighted by molar-refractivity contribution is -0.122. The highest BCUT2D eigenvalue weighted by Gasteiger charge is 2.21. The van der Waals surface area contributed by atoms with Crippen molar-refractivity contribution >= 4 is 33.4 Å². The molecule has 2 aromatic heterocycles. The van der Waals surface area contributed by atoms with Crippen LogP contribution in [0.15, 0.2) is 10.2 Å². The van der Waals surface area contributed by atoms with E-state index in [1.165, 1.54) is 16.4 Å². The summed E-state index contributed by atoms with van der Waals surface area (Å²) in [7, 11) is 0. The zero-order valence-corrected chi connectivity index (χ0v) is 15.6. The fourth-order valence-electron chi connectivity index (χ4n) is 3.47. The van der Waals surface area contributed by atoms with E-state index in [2.05, 4.69) is 10.3 Å². The maximum Gasteiger partial charge on any atom is 0.337 e. The Kier molecular flexibility index (Phi) is 5.70. The minimum atomic E-state index is -1.16. The topological polar surface area (TPSA) is 101 Å². The summed E-state index contributed by atoms with van der Waals surface area (Å²) in [5.74, 6) is -0.844. The molecule has 7 nitrogen and oxygen atoms in total. The molecular weight excluding hydrogens is 354 g/mol. The second-order valence-corrected chi connectivity index (χ2v) is 7.56. The van der Waals surface area contributed by atoms with Crippen LogP contribution in [0.5, 0.6) is 0 Å². The van der Waals surface area contributed by atoms with Crippen LogP contribution in [0.25, 0.3) is 10.2 Å². The van der Waals surface area contributed by atoms with E-state index in [1.807, 2.05) is 6.92 Å². The van der Waals surface area contributed by atoms with Crippen molar-refractivity contribution in [2.45, 2.75) is 64.5 Å². The molecule has 0 radical (unpaired) electrons. The van der Waals surface area contributed by atoms with Crippen LogP contribution >= 0.6 is 11.3 Å². The van der Waals surface area contributed by atoms with Crippen LogP contribution in [-0.2, 0) is 17.8 Å². The van der Waals surface area contributed by atoms with Crippen LogP contribution in [0.2, 0.25) is 0 Å². The average Bonchev–Trinajstić information content (AvgIpc) is 3.04. The lowest BCUT2D eigenvalue weighted by atomic mass is 9.95. The summed E-state index contributed by atoms with van der Waals surface area (Å²) in [6.45, 7) is 1.85. The van der Waals surface area contributed by atoms with E-state index < -0.39 is 11.5 Å². The number of carbonyl (C=O) groups excluding carboxylic acids is 1. The van der Waals surface area contributed by atoms with Crippen molar-refractivity contribution in [1.29, 1.82) is 0 Å². The summed E-state index contributed by atoms with van der Waals surface area (Å²) < 4.78 is 1.34. The molecule has 8 heteroatoms. The van der Waals surface area contributed by atoms with Crippen molar-refractivity contribution in [2.75, 3.05) is 0 Å². The number of carboxylic acids is 1. The number of carbonyl (C=O) groups is 2. The molecule has 1 aliphatic rings. The third kappa shape index (κ3) is 3.80. The van der Waals surface area contributed by atoms with Gasteiger partial charge in [0.1, 0.15) is 17.2 Å². The summed E-state index contributed by atoms with van der Waals surface area (Å²) in [5, 5.41) is 13.8. The number of nitrogens with zero attached hydrogens (tertiary/aromatic N) is 2.